The first kappa shape index (κ1) is 18.3. The third-order valence-corrected chi connectivity index (χ3v) is 5.19. The topological polar surface area (TPSA) is 59.0 Å². The van der Waals surface area contributed by atoms with E-state index in [0.717, 1.165) is 18.7 Å². The normalized spacial score (nSPS) is 21.9. The van der Waals surface area contributed by atoms with Crippen molar-refractivity contribution in [3.63, 3.8) is 0 Å². The summed E-state index contributed by atoms with van der Waals surface area (Å²) in [6, 6.07) is 0. The monoisotopic (exact) mass is 332 g/mol. The summed E-state index contributed by atoms with van der Waals surface area (Å²) >= 11 is 1.77. The van der Waals surface area contributed by atoms with Crippen molar-refractivity contribution in [1.29, 1.82) is 0 Å². The molecular formula is C14H25ClN4OS. The van der Waals surface area contributed by atoms with Gasteiger partial charge in [0.15, 0.2) is 0 Å². The van der Waals surface area contributed by atoms with Gasteiger partial charge in [-0.05, 0) is 25.7 Å². The van der Waals surface area contributed by atoms with E-state index in [9.17, 15) is 4.79 Å². The summed E-state index contributed by atoms with van der Waals surface area (Å²) in [6.07, 6.45) is 5.94. The van der Waals surface area contributed by atoms with Crippen LogP contribution in [0.3, 0.4) is 0 Å². The number of nitrogens with one attached hydrogen (secondary N) is 2. The van der Waals surface area contributed by atoms with Gasteiger partial charge < -0.3 is 10.6 Å². The Kier molecular flexibility index (Phi) is 6.56. The second kappa shape index (κ2) is 7.51. The summed E-state index contributed by atoms with van der Waals surface area (Å²) in [4.78, 5) is 12.4. The van der Waals surface area contributed by atoms with Crippen LogP contribution in [-0.4, -0.2) is 46.3 Å². The van der Waals surface area contributed by atoms with Crippen molar-refractivity contribution in [2.75, 3.05) is 25.9 Å². The molecule has 0 bridgehead atoms. The Bertz CT molecular complexity index is 477. The lowest BCUT2D eigenvalue weighted by atomic mass is 9.90. The molecule has 1 aliphatic rings. The molecule has 2 heterocycles. The van der Waals surface area contributed by atoms with Gasteiger partial charge in [0, 0.05) is 43.5 Å². The van der Waals surface area contributed by atoms with Gasteiger partial charge in [-0.25, -0.2) is 0 Å². The molecule has 1 saturated heterocycles. The quantitative estimate of drug-likeness (QED) is 0.856. The molecule has 2 N–H and O–H groups in total. The van der Waals surface area contributed by atoms with Crippen LogP contribution in [0.1, 0.15) is 25.3 Å². The number of thioether (sulfide) groups is 1. The molecule has 1 fully saturated rings. The van der Waals surface area contributed by atoms with E-state index in [1.54, 1.807) is 16.4 Å². The van der Waals surface area contributed by atoms with Crippen molar-refractivity contribution in [1.82, 2.24) is 20.4 Å². The second-order valence-electron chi connectivity index (χ2n) is 6.00. The molecule has 0 unspecified atom stereocenters. The van der Waals surface area contributed by atoms with Crippen LogP contribution >= 0.6 is 24.2 Å². The fourth-order valence-electron chi connectivity index (χ4n) is 2.44. The maximum Gasteiger partial charge on any atom is 0.225 e. The Morgan fingerprint density at radius 3 is 2.86 bits per heavy atom. The molecule has 0 saturated carbocycles. The van der Waals surface area contributed by atoms with E-state index in [2.05, 4.69) is 35.8 Å². The number of rotatable bonds is 5. The van der Waals surface area contributed by atoms with E-state index < -0.39 is 0 Å². The summed E-state index contributed by atoms with van der Waals surface area (Å²) < 4.78 is 1.87. The summed E-state index contributed by atoms with van der Waals surface area (Å²) in [6.45, 7) is 6.57. The highest BCUT2D eigenvalue weighted by Gasteiger charge is 2.35. The Balaban J connectivity index is 0.00000220. The molecule has 21 heavy (non-hydrogen) atoms. The SMILES string of the molecule is CSC(C)(C)CNC(=O)[C@H]1CNC[C@@H]1c1cnn(C)c1.Cl. The Morgan fingerprint density at radius 2 is 2.29 bits per heavy atom. The first-order valence-electron chi connectivity index (χ1n) is 6.95. The lowest BCUT2D eigenvalue weighted by Crippen LogP contribution is -2.41. The predicted molar refractivity (Wildman–Crippen MR) is 90.2 cm³/mol. The smallest absolute Gasteiger partial charge is 0.225 e. The third kappa shape index (κ3) is 4.63. The zero-order valence-corrected chi connectivity index (χ0v) is 14.7. The number of carbonyl (C=O) groups is 1. The van der Waals surface area contributed by atoms with E-state index in [1.165, 1.54) is 0 Å². The standard InChI is InChI=1S/C14H24N4OS.ClH/c1-14(2,20-4)9-16-13(19)12-7-15-6-11(12)10-5-17-18(3)8-10;/h5,8,11-12,15H,6-7,9H2,1-4H3,(H,16,19);1H/t11-,12+;/m1./s1. The van der Waals surface area contributed by atoms with Gasteiger partial charge in [-0.15, -0.1) is 12.4 Å². The number of aryl methyl sites for hydroxylation is 1. The molecule has 0 aliphatic carbocycles. The molecule has 1 aromatic rings. The zero-order chi connectivity index (χ0) is 14.8. The molecule has 2 atom stereocenters. The van der Waals surface area contributed by atoms with Crippen LogP contribution in [0.25, 0.3) is 0 Å². The average molecular weight is 333 g/mol. The van der Waals surface area contributed by atoms with E-state index in [0.29, 0.717) is 6.54 Å². The molecule has 7 heteroatoms. The summed E-state index contributed by atoms with van der Waals surface area (Å²) in [5.41, 5.74) is 1.14. The van der Waals surface area contributed by atoms with Gasteiger partial charge in [0.25, 0.3) is 0 Å². The first-order valence-corrected chi connectivity index (χ1v) is 8.17. The molecule has 1 aliphatic heterocycles. The highest BCUT2D eigenvalue weighted by Crippen LogP contribution is 2.28. The summed E-state index contributed by atoms with van der Waals surface area (Å²) in [5, 5.41) is 10.6. The van der Waals surface area contributed by atoms with Gasteiger partial charge in [0.05, 0.1) is 12.1 Å². The van der Waals surface area contributed by atoms with Crippen LogP contribution in [0.2, 0.25) is 0 Å². The molecule has 2 rings (SSSR count). The summed E-state index contributed by atoms with van der Waals surface area (Å²) in [7, 11) is 1.90. The largest absolute Gasteiger partial charge is 0.354 e. The minimum Gasteiger partial charge on any atom is -0.354 e. The molecule has 1 aromatic heterocycles. The lowest BCUT2D eigenvalue weighted by molar-refractivity contribution is -0.124. The van der Waals surface area contributed by atoms with Crippen LogP contribution in [0.4, 0.5) is 0 Å². The van der Waals surface area contributed by atoms with Crippen LogP contribution in [0, 0.1) is 5.92 Å². The Hall–Kier alpha value is -0.720. The van der Waals surface area contributed by atoms with E-state index >= 15 is 0 Å². The van der Waals surface area contributed by atoms with Crippen molar-refractivity contribution in [2.24, 2.45) is 13.0 Å². The molecule has 0 aromatic carbocycles. The first-order chi connectivity index (χ1) is 9.43. The number of halogens is 1. The van der Waals surface area contributed by atoms with Crippen LogP contribution in [0.5, 0.6) is 0 Å². The highest BCUT2D eigenvalue weighted by atomic mass is 35.5. The second-order valence-corrected chi connectivity index (χ2v) is 7.51. The Labute approximate surface area is 137 Å². The maximum absolute atomic E-state index is 12.4. The average Bonchev–Trinajstić information content (AvgIpc) is 3.04. The van der Waals surface area contributed by atoms with Gasteiger partial charge in [-0.2, -0.15) is 16.9 Å². The molecule has 1 amide bonds. The zero-order valence-electron chi connectivity index (χ0n) is 13.0. The van der Waals surface area contributed by atoms with Gasteiger partial charge in [-0.1, -0.05) is 0 Å². The van der Waals surface area contributed by atoms with Crippen molar-refractivity contribution >= 4 is 30.1 Å². The van der Waals surface area contributed by atoms with Gasteiger partial charge in [0.2, 0.25) is 5.91 Å². The fourth-order valence-corrected chi connectivity index (χ4v) is 2.66. The van der Waals surface area contributed by atoms with E-state index in [-0.39, 0.29) is 34.9 Å². The van der Waals surface area contributed by atoms with E-state index in [1.807, 2.05) is 19.4 Å². The number of nitrogens with zero attached hydrogens (tertiary/aromatic N) is 2. The maximum atomic E-state index is 12.4. The van der Waals surface area contributed by atoms with Crippen molar-refractivity contribution in [3.8, 4) is 0 Å². The molecule has 120 valence electrons. The van der Waals surface area contributed by atoms with Crippen molar-refractivity contribution in [2.45, 2.75) is 24.5 Å². The van der Waals surface area contributed by atoms with Crippen LogP contribution < -0.4 is 10.6 Å². The molecule has 0 spiro atoms. The van der Waals surface area contributed by atoms with Crippen molar-refractivity contribution < 1.29 is 4.79 Å². The van der Waals surface area contributed by atoms with Crippen LogP contribution in [-0.2, 0) is 11.8 Å². The third-order valence-electron chi connectivity index (χ3n) is 3.94. The van der Waals surface area contributed by atoms with Gasteiger partial charge in [0.1, 0.15) is 0 Å². The summed E-state index contributed by atoms with van der Waals surface area (Å²) in [5.74, 6) is 0.365. The van der Waals surface area contributed by atoms with Crippen molar-refractivity contribution in [3.05, 3.63) is 18.0 Å². The number of hydrogen-bond acceptors (Lipinski definition) is 4. The lowest BCUT2D eigenvalue weighted by Gasteiger charge is -2.24. The minimum absolute atomic E-state index is 0. The Morgan fingerprint density at radius 1 is 1.57 bits per heavy atom. The fraction of sp³-hybridized carbons (Fsp3) is 0.714. The number of amides is 1. The van der Waals surface area contributed by atoms with Gasteiger partial charge >= 0.3 is 0 Å². The highest BCUT2D eigenvalue weighted by molar-refractivity contribution is 7.99. The molecule has 0 radical (unpaired) electrons. The number of aromatic nitrogens is 2. The van der Waals surface area contributed by atoms with E-state index in [4.69, 9.17) is 0 Å². The number of carbonyl (C=O) groups excluding carboxylic acids is 1. The number of hydrogen-bond donors (Lipinski definition) is 2. The van der Waals surface area contributed by atoms with Gasteiger partial charge in [-0.3, -0.25) is 9.48 Å². The van der Waals surface area contributed by atoms with Crippen LogP contribution in [0.15, 0.2) is 12.4 Å². The molecular weight excluding hydrogens is 308 g/mol. The predicted octanol–water partition coefficient (Wildman–Crippen LogP) is 1.40. The minimum atomic E-state index is -0.00291. The molecule has 5 nitrogen and oxygen atoms in total.